The molecule has 1 aliphatic heterocycles. The zero-order valence-corrected chi connectivity index (χ0v) is 11.1. The van der Waals surface area contributed by atoms with E-state index in [1.54, 1.807) is 19.2 Å². The van der Waals surface area contributed by atoms with Gasteiger partial charge in [0, 0.05) is 19.3 Å². The molecule has 5 nitrogen and oxygen atoms in total. The van der Waals surface area contributed by atoms with Gasteiger partial charge in [-0.1, -0.05) is 11.6 Å². The van der Waals surface area contributed by atoms with Gasteiger partial charge in [0.15, 0.2) is 5.15 Å². The number of nitrogens with one attached hydrogen (secondary N) is 1. The van der Waals surface area contributed by atoms with Crippen molar-refractivity contribution in [3.63, 3.8) is 0 Å². The van der Waals surface area contributed by atoms with E-state index < -0.39 is 10.2 Å². The molecular weight excluding hydrogens is 262 g/mol. The maximum Gasteiger partial charge on any atom is 0.301 e. The number of hydrogen-bond acceptors (Lipinski definition) is 3. The molecule has 0 radical (unpaired) electrons. The average Bonchev–Trinajstić information content (AvgIpc) is 2.77. The SMILES string of the molecule is Cc1ccnc(Cl)c1NS(=O)(=O)N1CCCC1. The summed E-state index contributed by atoms with van der Waals surface area (Å²) in [6.45, 7) is 2.91. The van der Waals surface area contributed by atoms with Gasteiger partial charge in [-0.3, -0.25) is 4.72 Å². The Morgan fingerprint density at radius 3 is 2.65 bits per heavy atom. The summed E-state index contributed by atoms with van der Waals surface area (Å²) in [7, 11) is -3.50. The molecule has 0 aliphatic carbocycles. The standard InChI is InChI=1S/C10H14ClN3O2S/c1-8-4-5-12-10(11)9(8)13-17(15,16)14-6-2-3-7-14/h4-5,13H,2-3,6-7H2,1H3. The Kier molecular flexibility index (Phi) is 3.56. The number of hydrogen-bond donors (Lipinski definition) is 1. The molecule has 0 bridgehead atoms. The Labute approximate surface area is 106 Å². The summed E-state index contributed by atoms with van der Waals surface area (Å²) in [5.41, 5.74) is 1.12. The van der Waals surface area contributed by atoms with E-state index in [9.17, 15) is 8.42 Å². The van der Waals surface area contributed by atoms with E-state index in [0.717, 1.165) is 18.4 Å². The molecule has 0 aromatic carbocycles. The highest BCUT2D eigenvalue weighted by Gasteiger charge is 2.26. The molecule has 0 unspecified atom stereocenters. The largest absolute Gasteiger partial charge is 0.301 e. The molecule has 1 aromatic heterocycles. The minimum Gasteiger partial charge on any atom is -0.268 e. The molecule has 94 valence electrons. The summed E-state index contributed by atoms with van der Waals surface area (Å²) in [6.07, 6.45) is 3.35. The maximum atomic E-state index is 12.0. The molecule has 1 N–H and O–H groups in total. The molecule has 2 rings (SSSR count). The summed E-state index contributed by atoms with van der Waals surface area (Å²) in [5, 5.41) is 0.174. The van der Waals surface area contributed by atoms with E-state index in [1.165, 1.54) is 4.31 Å². The Balaban J connectivity index is 2.26. The average molecular weight is 276 g/mol. The lowest BCUT2D eigenvalue weighted by atomic mass is 10.3. The molecule has 1 fully saturated rings. The topological polar surface area (TPSA) is 62.3 Å². The molecule has 0 spiro atoms. The number of nitrogens with zero attached hydrogens (tertiary/aromatic N) is 2. The Hall–Kier alpha value is -0.850. The molecule has 7 heteroatoms. The van der Waals surface area contributed by atoms with Gasteiger partial charge in [-0.05, 0) is 31.4 Å². The van der Waals surface area contributed by atoms with Crippen molar-refractivity contribution < 1.29 is 8.42 Å². The number of anilines is 1. The first-order valence-electron chi connectivity index (χ1n) is 5.40. The predicted octanol–water partition coefficient (Wildman–Crippen LogP) is 1.80. The summed E-state index contributed by atoms with van der Waals surface area (Å²) in [6, 6.07) is 1.72. The first kappa shape index (κ1) is 12.6. The van der Waals surface area contributed by atoms with Crippen LogP contribution in [0, 0.1) is 6.92 Å². The van der Waals surface area contributed by atoms with E-state index in [0.29, 0.717) is 18.8 Å². The highest BCUT2D eigenvalue weighted by molar-refractivity contribution is 7.90. The lowest BCUT2D eigenvalue weighted by Crippen LogP contribution is -2.33. The molecule has 1 saturated heterocycles. The molecule has 17 heavy (non-hydrogen) atoms. The zero-order chi connectivity index (χ0) is 12.5. The summed E-state index contributed by atoms with van der Waals surface area (Å²) >= 11 is 5.89. The third-order valence-corrected chi connectivity index (χ3v) is 4.54. The van der Waals surface area contributed by atoms with Gasteiger partial charge < -0.3 is 0 Å². The van der Waals surface area contributed by atoms with Gasteiger partial charge in [0.2, 0.25) is 0 Å². The molecule has 0 saturated carbocycles. The second-order valence-electron chi connectivity index (χ2n) is 4.01. The summed E-state index contributed by atoms with van der Waals surface area (Å²) in [4.78, 5) is 3.87. The number of aromatic nitrogens is 1. The van der Waals surface area contributed by atoms with Crippen molar-refractivity contribution in [3.8, 4) is 0 Å². The van der Waals surface area contributed by atoms with Crippen molar-refractivity contribution >= 4 is 27.5 Å². The highest BCUT2D eigenvalue weighted by atomic mass is 35.5. The molecule has 2 heterocycles. The van der Waals surface area contributed by atoms with Crippen molar-refractivity contribution in [3.05, 3.63) is 23.0 Å². The van der Waals surface area contributed by atoms with Crippen LogP contribution in [0.1, 0.15) is 18.4 Å². The van der Waals surface area contributed by atoms with Crippen molar-refractivity contribution in [2.24, 2.45) is 0 Å². The van der Waals surface area contributed by atoms with Crippen LogP contribution in [0.5, 0.6) is 0 Å². The summed E-state index contributed by atoms with van der Waals surface area (Å²) < 4.78 is 28.0. The lowest BCUT2D eigenvalue weighted by Gasteiger charge is -2.18. The molecule has 0 amide bonds. The van der Waals surface area contributed by atoms with Gasteiger partial charge in [-0.15, -0.1) is 0 Å². The third kappa shape index (κ3) is 2.70. The van der Waals surface area contributed by atoms with Crippen LogP contribution in [0.3, 0.4) is 0 Å². The van der Waals surface area contributed by atoms with Crippen molar-refractivity contribution in [1.29, 1.82) is 0 Å². The molecule has 1 aromatic rings. The molecule has 1 aliphatic rings. The Bertz CT molecular complexity index is 492. The monoisotopic (exact) mass is 275 g/mol. The highest BCUT2D eigenvalue weighted by Crippen LogP contribution is 2.25. The van der Waals surface area contributed by atoms with E-state index >= 15 is 0 Å². The van der Waals surface area contributed by atoms with Crippen molar-refractivity contribution in [2.45, 2.75) is 19.8 Å². The number of halogens is 1. The van der Waals surface area contributed by atoms with Gasteiger partial charge in [-0.25, -0.2) is 4.98 Å². The normalized spacial score (nSPS) is 17.3. The van der Waals surface area contributed by atoms with Gasteiger partial charge in [-0.2, -0.15) is 12.7 Å². The van der Waals surface area contributed by atoms with Crippen LogP contribution >= 0.6 is 11.6 Å². The number of rotatable bonds is 3. The van der Waals surface area contributed by atoms with Crippen LogP contribution in [0.4, 0.5) is 5.69 Å². The molecule has 0 atom stereocenters. The first-order chi connectivity index (χ1) is 8.00. The molecular formula is C10H14ClN3O2S. The van der Waals surface area contributed by atoms with E-state index in [1.807, 2.05) is 0 Å². The second-order valence-corrected chi connectivity index (χ2v) is 6.04. The van der Waals surface area contributed by atoms with Gasteiger partial charge in [0.1, 0.15) is 0 Å². The zero-order valence-electron chi connectivity index (χ0n) is 9.48. The van der Waals surface area contributed by atoms with Crippen LogP contribution in [-0.4, -0.2) is 30.8 Å². The van der Waals surface area contributed by atoms with Gasteiger partial charge in [0.25, 0.3) is 0 Å². The third-order valence-electron chi connectivity index (χ3n) is 2.75. The Morgan fingerprint density at radius 1 is 1.41 bits per heavy atom. The van der Waals surface area contributed by atoms with Crippen molar-refractivity contribution in [1.82, 2.24) is 9.29 Å². The van der Waals surface area contributed by atoms with E-state index in [4.69, 9.17) is 11.6 Å². The second kappa shape index (κ2) is 4.80. The minimum absolute atomic E-state index is 0.174. The fraction of sp³-hybridized carbons (Fsp3) is 0.500. The number of aryl methyl sites for hydroxylation is 1. The van der Waals surface area contributed by atoms with Crippen LogP contribution in [0.25, 0.3) is 0 Å². The first-order valence-corrected chi connectivity index (χ1v) is 7.21. The van der Waals surface area contributed by atoms with Crippen LogP contribution in [0.2, 0.25) is 5.15 Å². The minimum atomic E-state index is -3.50. The smallest absolute Gasteiger partial charge is 0.268 e. The lowest BCUT2D eigenvalue weighted by molar-refractivity contribution is 0.482. The van der Waals surface area contributed by atoms with Crippen LogP contribution < -0.4 is 4.72 Å². The van der Waals surface area contributed by atoms with Crippen LogP contribution in [-0.2, 0) is 10.2 Å². The number of pyridine rings is 1. The fourth-order valence-electron chi connectivity index (χ4n) is 1.77. The van der Waals surface area contributed by atoms with Gasteiger partial charge >= 0.3 is 10.2 Å². The van der Waals surface area contributed by atoms with E-state index in [-0.39, 0.29) is 5.15 Å². The summed E-state index contributed by atoms with van der Waals surface area (Å²) in [5.74, 6) is 0. The predicted molar refractivity (Wildman–Crippen MR) is 67.3 cm³/mol. The van der Waals surface area contributed by atoms with Crippen LogP contribution in [0.15, 0.2) is 12.3 Å². The fourth-order valence-corrected chi connectivity index (χ4v) is 3.46. The van der Waals surface area contributed by atoms with E-state index in [2.05, 4.69) is 9.71 Å². The quantitative estimate of drug-likeness (QED) is 0.856. The van der Waals surface area contributed by atoms with Gasteiger partial charge in [0.05, 0.1) is 5.69 Å². The Morgan fingerprint density at radius 2 is 2.06 bits per heavy atom. The van der Waals surface area contributed by atoms with Crippen molar-refractivity contribution in [2.75, 3.05) is 17.8 Å². The maximum absolute atomic E-state index is 12.0.